The zero-order valence-corrected chi connectivity index (χ0v) is 17.2. The Morgan fingerprint density at radius 2 is 2.00 bits per heavy atom. The van der Waals surface area contributed by atoms with Crippen LogP contribution in [-0.4, -0.2) is 32.0 Å². The van der Waals surface area contributed by atoms with Crippen molar-refractivity contribution in [1.29, 1.82) is 0 Å². The van der Waals surface area contributed by atoms with Gasteiger partial charge >= 0.3 is 0 Å². The Hall–Kier alpha value is -3.11. The SMILES string of the molecule is NC(=O)c1c(-c2c(Cl)cccc2Cl)nc2c3cc(C#CCCCO)cnc3ccn12. The first kappa shape index (κ1) is 20.2. The Bertz CT molecular complexity index is 1330. The summed E-state index contributed by atoms with van der Waals surface area (Å²) in [6, 6.07) is 8.71. The van der Waals surface area contributed by atoms with Crippen LogP contribution in [0.25, 0.3) is 27.8 Å². The number of nitrogens with two attached hydrogens (primary N) is 1. The Kier molecular flexibility index (Phi) is 5.60. The number of fused-ring (bicyclic) bond motifs is 3. The van der Waals surface area contributed by atoms with Gasteiger partial charge in [0.25, 0.3) is 5.91 Å². The molecule has 150 valence electrons. The minimum Gasteiger partial charge on any atom is -0.396 e. The number of aliphatic hydroxyl groups is 1. The van der Waals surface area contributed by atoms with Gasteiger partial charge in [-0.2, -0.15) is 0 Å². The smallest absolute Gasteiger partial charge is 0.268 e. The van der Waals surface area contributed by atoms with E-state index in [1.807, 2.05) is 6.07 Å². The summed E-state index contributed by atoms with van der Waals surface area (Å²) in [6.45, 7) is 0.0998. The summed E-state index contributed by atoms with van der Waals surface area (Å²) >= 11 is 12.7. The molecule has 0 saturated heterocycles. The summed E-state index contributed by atoms with van der Waals surface area (Å²) in [5.41, 5.74) is 8.52. The normalized spacial score (nSPS) is 10.9. The average molecular weight is 439 g/mol. The van der Waals surface area contributed by atoms with Gasteiger partial charge in [-0.15, -0.1) is 0 Å². The van der Waals surface area contributed by atoms with E-state index in [4.69, 9.17) is 34.0 Å². The number of rotatable bonds is 4. The number of hydrogen-bond acceptors (Lipinski definition) is 4. The Morgan fingerprint density at radius 1 is 1.23 bits per heavy atom. The molecule has 3 N–H and O–H groups in total. The van der Waals surface area contributed by atoms with Crippen LogP contribution < -0.4 is 5.73 Å². The maximum absolute atomic E-state index is 12.3. The van der Waals surface area contributed by atoms with E-state index < -0.39 is 5.91 Å². The second-order valence-electron chi connectivity index (χ2n) is 6.57. The number of aliphatic hydroxyl groups excluding tert-OH is 1. The van der Waals surface area contributed by atoms with E-state index in [2.05, 4.69) is 21.8 Å². The lowest BCUT2D eigenvalue weighted by Crippen LogP contribution is -2.15. The number of aromatic nitrogens is 3. The average Bonchev–Trinajstić information content (AvgIpc) is 3.11. The van der Waals surface area contributed by atoms with Crippen molar-refractivity contribution in [3.8, 4) is 23.1 Å². The summed E-state index contributed by atoms with van der Waals surface area (Å²) in [6.07, 6.45) is 4.57. The summed E-state index contributed by atoms with van der Waals surface area (Å²) < 4.78 is 1.62. The monoisotopic (exact) mass is 438 g/mol. The highest BCUT2D eigenvalue weighted by atomic mass is 35.5. The molecule has 1 aromatic carbocycles. The van der Waals surface area contributed by atoms with Crippen LogP contribution in [0.5, 0.6) is 0 Å². The van der Waals surface area contributed by atoms with Gasteiger partial charge in [0.1, 0.15) is 17.0 Å². The number of primary amides is 1. The van der Waals surface area contributed by atoms with E-state index in [-0.39, 0.29) is 12.3 Å². The van der Waals surface area contributed by atoms with Crippen LogP contribution >= 0.6 is 23.2 Å². The lowest BCUT2D eigenvalue weighted by Gasteiger charge is -2.06. The molecule has 0 saturated carbocycles. The second-order valence-corrected chi connectivity index (χ2v) is 7.38. The molecule has 3 heterocycles. The topological polar surface area (TPSA) is 93.5 Å². The fraction of sp³-hybridized carbons (Fsp3) is 0.136. The fourth-order valence-corrected chi connectivity index (χ4v) is 3.81. The third kappa shape index (κ3) is 3.59. The number of hydrogen-bond donors (Lipinski definition) is 2. The van der Waals surface area contributed by atoms with Crippen molar-refractivity contribution in [2.75, 3.05) is 6.61 Å². The molecule has 0 bridgehead atoms. The molecule has 1 amide bonds. The minimum atomic E-state index is -0.652. The molecule has 4 aromatic rings. The van der Waals surface area contributed by atoms with E-state index in [9.17, 15) is 4.79 Å². The van der Waals surface area contributed by atoms with Crippen molar-refractivity contribution in [2.24, 2.45) is 5.73 Å². The van der Waals surface area contributed by atoms with Crippen LogP contribution in [0.15, 0.2) is 42.7 Å². The Labute approximate surface area is 182 Å². The third-order valence-corrected chi connectivity index (χ3v) is 5.21. The highest BCUT2D eigenvalue weighted by Crippen LogP contribution is 2.37. The van der Waals surface area contributed by atoms with Crippen molar-refractivity contribution in [2.45, 2.75) is 12.8 Å². The molecule has 0 aliphatic rings. The third-order valence-electron chi connectivity index (χ3n) is 4.58. The molecule has 8 heteroatoms. The van der Waals surface area contributed by atoms with E-state index in [1.165, 1.54) is 0 Å². The van der Waals surface area contributed by atoms with Crippen molar-refractivity contribution in [1.82, 2.24) is 14.4 Å². The van der Waals surface area contributed by atoms with E-state index in [0.717, 1.165) is 0 Å². The second kappa shape index (κ2) is 8.33. The standard InChI is InChI=1S/C22H16Cl2N4O2/c23-15-6-4-7-16(24)18(15)19-20(21(25)30)28-9-8-17-14(22(28)27-19)11-13(12-26-17)5-2-1-3-10-29/h4,6-9,11-12,29H,1,3,10H2,(H2,25,30). The van der Waals surface area contributed by atoms with Gasteiger partial charge in [-0.05, 0) is 30.7 Å². The zero-order chi connectivity index (χ0) is 21.3. The van der Waals surface area contributed by atoms with Crippen LogP contribution in [0.3, 0.4) is 0 Å². The number of benzene rings is 1. The van der Waals surface area contributed by atoms with Gasteiger partial charge in [-0.25, -0.2) is 4.98 Å². The Balaban J connectivity index is 1.98. The molecule has 0 spiro atoms. The van der Waals surface area contributed by atoms with Gasteiger partial charge < -0.3 is 10.8 Å². The summed E-state index contributed by atoms with van der Waals surface area (Å²) in [4.78, 5) is 21.4. The molecule has 6 nitrogen and oxygen atoms in total. The largest absolute Gasteiger partial charge is 0.396 e. The first-order chi connectivity index (χ1) is 14.5. The van der Waals surface area contributed by atoms with Crippen LogP contribution in [0, 0.1) is 11.8 Å². The quantitative estimate of drug-likeness (QED) is 0.370. The van der Waals surface area contributed by atoms with Crippen molar-refractivity contribution < 1.29 is 9.90 Å². The fourth-order valence-electron chi connectivity index (χ4n) is 3.23. The van der Waals surface area contributed by atoms with Crippen LogP contribution in [0.2, 0.25) is 10.0 Å². The van der Waals surface area contributed by atoms with Crippen molar-refractivity contribution in [3.63, 3.8) is 0 Å². The summed E-state index contributed by atoms with van der Waals surface area (Å²) in [7, 11) is 0. The highest BCUT2D eigenvalue weighted by molar-refractivity contribution is 6.39. The summed E-state index contributed by atoms with van der Waals surface area (Å²) in [5, 5.41) is 10.3. The zero-order valence-electron chi connectivity index (χ0n) is 15.7. The number of carbonyl (C=O) groups is 1. The minimum absolute atomic E-state index is 0.0998. The molecule has 0 atom stereocenters. The van der Waals surface area contributed by atoms with E-state index in [1.54, 1.807) is 41.1 Å². The van der Waals surface area contributed by atoms with Gasteiger partial charge in [0.15, 0.2) is 0 Å². The molecule has 4 rings (SSSR count). The van der Waals surface area contributed by atoms with Gasteiger partial charge in [0.2, 0.25) is 0 Å². The maximum atomic E-state index is 12.3. The molecular weight excluding hydrogens is 423 g/mol. The van der Waals surface area contributed by atoms with Crippen molar-refractivity contribution >= 4 is 45.7 Å². The number of imidazole rings is 1. The first-order valence-corrected chi connectivity index (χ1v) is 9.91. The molecular formula is C22H16Cl2N4O2. The highest BCUT2D eigenvalue weighted by Gasteiger charge is 2.23. The lowest BCUT2D eigenvalue weighted by atomic mass is 10.1. The predicted octanol–water partition coefficient (Wildman–Crippen LogP) is 4.08. The number of unbranched alkanes of at least 4 members (excludes halogenated alkanes) is 1. The first-order valence-electron chi connectivity index (χ1n) is 9.16. The number of amides is 1. The number of pyridine rings is 2. The van der Waals surface area contributed by atoms with Crippen LogP contribution in [0.4, 0.5) is 0 Å². The summed E-state index contributed by atoms with van der Waals surface area (Å²) in [5.74, 6) is 5.39. The van der Waals surface area contributed by atoms with Crippen molar-refractivity contribution in [3.05, 3.63) is 64.0 Å². The lowest BCUT2D eigenvalue weighted by molar-refractivity contribution is 0.0995. The Morgan fingerprint density at radius 3 is 2.70 bits per heavy atom. The molecule has 30 heavy (non-hydrogen) atoms. The van der Waals surface area contributed by atoms with Crippen LogP contribution in [-0.2, 0) is 0 Å². The van der Waals surface area contributed by atoms with Gasteiger partial charge in [-0.3, -0.25) is 14.2 Å². The molecule has 0 unspecified atom stereocenters. The van der Waals surface area contributed by atoms with Gasteiger partial charge in [0, 0.05) is 41.9 Å². The predicted molar refractivity (Wildman–Crippen MR) is 118 cm³/mol. The number of halogens is 2. The van der Waals surface area contributed by atoms with Gasteiger partial charge in [0.05, 0.1) is 15.6 Å². The molecule has 0 aliphatic carbocycles. The van der Waals surface area contributed by atoms with E-state index in [0.29, 0.717) is 56.3 Å². The maximum Gasteiger partial charge on any atom is 0.268 e. The molecule has 3 aromatic heterocycles. The van der Waals surface area contributed by atoms with Gasteiger partial charge in [-0.1, -0.05) is 41.1 Å². The number of nitrogens with zero attached hydrogens (tertiary/aromatic N) is 3. The molecule has 0 aliphatic heterocycles. The van der Waals surface area contributed by atoms with E-state index >= 15 is 0 Å². The number of carbonyl (C=O) groups excluding carboxylic acids is 1. The molecule has 0 radical (unpaired) electrons. The molecule has 0 fully saturated rings. The van der Waals surface area contributed by atoms with Crippen LogP contribution in [0.1, 0.15) is 28.9 Å².